The quantitative estimate of drug-likeness (QED) is 0.767. The molecule has 0 saturated carbocycles. The van der Waals surface area contributed by atoms with Gasteiger partial charge in [0.15, 0.2) is 0 Å². The van der Waals surface area contributed by atoms with Gasteiger partial charge in [0.05, 0.1) is 23.7 Å². The number of nitrogens with one attached hydrogen (secondary N) is 1. The summed E-state index contributed by atoms with van der Waals surface area (Å²) in [5, 5.41) is 3.92. The monoisotopic (exact) mass is 403 g/mol. The zero-order valence-electron chi connectivity index (χ0n) is 16.9. The van der Waals surface area contributed by atoms with Crippen molar-refractivity contribution in [1.82, 2.24) is 15.2 Å². The predicted molar refractivity (Wildman–Crippen MR) is 109 cm³/mol. The number of furan rings is 1. The molecule has 2 aromatic heterocycles. The average Bonchev–Trinajstić information content (AvgIpc) is 3.22. The van der Waals surface area contributed by atoms with Gasteiger partial charge < -0.3 is 14.6 Å². The summed E-state index contributed by atoms with van der Waals surface area (Å²) in [6, 6.07) is 3.77. The van der Waals surface area contributed by atoms with Crippen molar-refractivity contribution in [3.05, 3.63) is 39.2 Å². The van der Waals surface area contributed by atoms with Gasteiger partial charge in [0.25, 0.3) is 0 Å². The molecule has 1 saturated heterocycles. The van der Waals surface area contributed by atoms with Crippen LogP contribution in [-0.2, 0) is 22.6 Å². The predicted octanol–water partition coefficient (Wildman–Crippen LogP) is 3.54. The Labute approximate surface area is 170 Å². The van der Waals surface area contributed by atoms with E-state index in [1.54, 1.807) is 11.3 Å². The van der Waals surface area contributed by atoms with E-state index in [1.165, 1.54) is 0 Å². The first-order valence-corrected chi connectivity index (χ1v) is 10.7. The van der Waals surface area contributed by atoms with Crippen LogP contribution in [0.25, 0.3) is 0 Å². The van der Waals surface area contributed by atoms with Crippen LogP contribution in [0.3, 0.4) is 0 Å². The van der Waals surface area contributed by atoms with E-state index in [9.17, 15) is 9.59 Å². The fraction of sp³-hybridized carbons (Fsp3) is 0.571. The molecule has 0 radical (unpaired) electrons. The Morgan fingerprint density at radius 1 is 1.32 bits per heavy atom. The Bertz CT molecular complexity index is 827. The molecule has 1 atom stereocenters. The normalized spacial score (nSPS) is 17.0. The lowest BCUT2D eigenvalue weighted by molar-refractivity contribution is -0.132. The van der Waals surface area contributed by atoms with Gasteiger partial charge in [-0.1, -0.05) is 0 Å². The van der Waals surface area contributed by atoms with E-state index in [0.717, 1.165) is 59.5 Å². The number of hydrogen-bond donors (Lipinski definition) is 1. The highest BCUT2D eigenvalue weighted by atomic mass is 32.1. The summed E-state index contributed by atoms with van der Waals surface area (Å²) in [6.45, 7) is 7.82. The lowest BCUT2D eigenvalue weighted by Crippen LogP contribution is -2.41. The van der Waals surface area contributed by atoms with Crippen molar-refractivity contribution in [2.24, 2.45) is 5.92 Å². The van der Waals surface area contributed by atoms with Crippen molar-refractivity contribution in [3.8, 4) is 0 Å². The molecule has 28 heavy (non-hydrogen) atoms. The number of nitrogens with zero attached hydrogens (tertiary/aromatic N) is 2. The molecule has 1 aliphatic rings. The van der Waals surface area contributed by atoms with E-state index in [0.29, 0.717) is 25.3 Å². The Balaban J connectivity index is 1.42. The van der Waals surface area contributed by atoms with Gasteiger partial charge in [-0.3, -0.25) is 9.59 Å². The number of likely N-dealkylation sites (tertiary alicyclic amines) is 1. The first-order chi connectivity index (χ1) is 13.4. The molecule has 2 aromatic rings. The molecule has 1 fully saturated rings. The summed E-state index contributed by atoms with van der Waals surface area (Å²) in [6.07, 6.45) is 3.82. The number of rotatable bonds is 7. The SMILES string of the molecule is Cc1ccc(CNC(=O)CCC2CCCN(C(=O)Cc3sc(C)nc3C)C2)o1. The molecular weight excluding hydrogens is 374 g/mol. The van der Waals surface area contributed by atoms with E-state index < -0.39 is 0 Å². The Morgan fingerprint density at radius 2 is 2.14 bits per heavy atom. The van der Waals surface area contributed by atoms with Gasteiger partial charge in [0.1, 0.15) is 11.5 Å². The first-order valence-electron chi connectivity index (χ1n) is 9.93. The number of carbonyl (C=O) groups is 2. The van der Waals surface area contributed by atoms with E-state index in [1.807, 2.05) is 37.8 Å². The molecule has 1 unspecified atom stereocenters. The third-order valence-electron chi connectivity index (χ3n) is 5.22. The Morgan fingerprint density at radius 3 is 2.82 bits per heavy atom. The van der Waals surface area contributed by atoms with Gasteiger partial charge in [-0.2, -0.15) is 0 Å². The minimum absolute atomic E-state index is 0.0354. The van der Waals surface area contributed by atoms with Crippen LogP contribution in [0.2, 0.25) is 0 Å². The summed E-state index contributed by atoms with van der Waals surface area (Å²) >= 11 is 1.61. The van der Waals surface area contributed by atoms with Crippen LogP contribution in [-0.4, -0.2) is 34.8 Å². The number of thiazole rings is 1. The molecule has 0 bridgehead atoms. The molecule has 3 heterocycles. The molecule has 6 nitrogen and oxygen atoms in total. The van der Waals surface area contributed by atoms with Gasteiger partial charge >= 0.3 is 0 Å². The van der Waals surface area contributed by atoms with Gasteiger partial charge in [-0.05, 0) is 58.1 Å². The second-order valence-corrected chi connectivity index (χ2v) is 8.88. The summed E-state index contributed by atoms with van der Waals surface area (Å²) in [5.41, 5.74) is 0.966. The van der Waals surface area contributed by atoms with E-state index in [2.05, 4.69) is 10.3 Å². The topological polar surface area (TPSA) is 75.4 Å². The third-order valence-corrected chi connectivity index (χ3v) is 6.29. The maximum atomic E-state index is 12.7. The highest BCUT2D eigenvalue weighted by Crippen LogP contribution is 2.23. The van der Waals surface area contributed by atoms with Gasteiger partial charge in [-0.25, -0.2) is 4.98 Å². The van der Waals surface area contributed by atoms with Crippen molar-refractivity contribution in [2.45, 2.75) is 59.4 Å². The maximum Gasteiger partial charge on any atom is 0.227 e. The molecule has 2 amide bonds. The van der Waals surface area contributed by atoms with Crippen LogP contribution in [0.15, 0.2) is 16.5 Å². The molecule has 152 valence electrons. The van der Waals surface area contributed by atoms with Crippen LogP contribution in [0.1, 0.15) is 52.8 Å². The number of piperidine rings is 1. The number of hydrogen-bond acceptors (Lipinski definition) is 5. The van der Waals surface area contributed by atoms with Crippen molar-refractivity contribution >= 4 is 23.2 Å². The molecule has 1 N–H and O–H groups in total. The van der Waals surface area contributed by atoms with E-state index in [4.69, 9.17) is 4.42 Å². The minimum Gasteiger partial charge on any atom is -0.465 e. The second-order valence-electron chi connectivity index (χ2n) is 7.59. The van der Waals surface area contributed by atoms with Crippen LogP contribution in [0.4, 0.5) is 0 Å². The van der Waals surface area contributed by atoms with Gasteiger partial charge in [0, 0.05) is 24.4 Å². The fourth-order valence-corrected chi connectivity index (χ4v) is 4.63. The van der Waals surface area contributed by atoms with Crippen LogP contribution >= 0.6 is 11.3 Å². The fourth-order valence-electron chi connectivity index (χ4n) is 3.70. The third kappa shape index (κ3) is 5.67. The maximum absolute atomic E-state index is 12.7. The summed E-state index contributed by atoms with van der Waals surface area (Å²) in [5.74, 6) is 2.22. The molecule has 3 rings (SSSR count). The zero-order valence-corrected chi connectivity index (χ0v) is 17.7. The zero-order chi connectivity index (χ0) is 20.1. The molecule has 0 spiro atoms. The van der Waals surface area contributed by atoms with Crippen molar-refractivity contribution in [3.63, 3.8) is 0 Å². The Kier molecular flexibility index (Phi) is 6.88. The van der Waals surface area contributed by atoms with E-state index >= 15 is 0 Å². The summed E-state index contributed by atoms with van der Waals surface area (Å²) < 4.78 is 5.46. The molecule has 1 aliphatic heterocycles. The molecule has 0 aliphatic carbocycles. The average molecular weight is 404 g/mol. The number of aromatic nitrogens is 1. The van der Waals surface area contributed by atoms with Crippen molar-refractivity contribution in [2.75, 3.05) is 13.1 Å². The van der Waals surface area contributed by atoms with Crippen LogP contribution in [0.5, 0.6) is 0 Å². The van der Waals surface area contributed by atoms with Gasteiger partial charge in [-0.15, -0.1) is 11.3 Å². The Hall–Kier alpha value is -2.15. The van der Waals surface area contributed by atoms with Gasteiger partial charge in [0.2, 0.25) is 11.8 Å². The lowest BCUT2D eigenvalue weighted by atomic mass is 9.93. The first kappa shape index (κ1) is 20.6. The number of amides is 2. The number of carbonyl (C=O) groups excluding carboxylic acids is 2. The summed E-state index contributed by atoms with van der Waals surface area (Å²) in [7, 11) is 0. The van der Waals surface area contributed by atoms with Crippen molar-refractivity contribution in [1.29, 1.82) is 0 Å². The van der Waals surface area contributed by atoms with Crippen LogP contribution < -0.4 is 5.32 Å². The van der Waals surface area contributed by atoms with E-state index in [-0.39, 0.29) is 11.8 Å². The molecular formula is C21H29N3O3S. The number of aryl methyl sites for hydroxylation is 3. The smallest absolute Gasteiger partial charge is 0.227 e. The van der Waals surface area contributed by atoms with Crippen LogP contribution in [0, 0.1) is 26.7 Å². The lowest BCUT2D eigenvalue weighted by Gasteiger charge is -2.32. The minimum atomic E-state index is 0.0354. The second kappa shape index (κ2) is 9.37. The standard InChI is InChI=1S/C21H29N3O3S/c1-14-6-8-18(27-14)12-22-20(25)9-7-17-5-4-10-24(13-17)21(26)11-19-15(2)23-16(3)28-19/h6,8,17H,4-5,7,9-13H2,1-3H3,(H,22,25). The highest BCUT2D eigenvalue weighted by Gasteiger charge is 2.25. The largest absolute Gasteiger partial charge is 0.465 e. The van der Waals surface area contributed by atoms with Crippen molar-refractivity contribution < 1.29 is 14.0 Å². The molecule has 7 heteroatoms. The highest BCUT2D eigenvalue weighted by molar-refractivity contribution is 7.11. The summed E-state index contributed by atoms with van der Waals surface area (Å²) in [4.78, 5) is 32.3. The molecule has 0 aromatic carbocycles.